The molecule has 2 rings (SSSR count). The number of benzene rings is 2. The van der Waals surface area contributed by atoms with Crippen LogP contribution >= 0.6 is 0 Å². The normalized spacial score (nSPS) is 12.5. The fourth-order valence-electron chi connectivity index (χ4n) is 2.16. The molecule has 4 N–H and O–H groups in total. The van der Waals surface area contributed by atoms with Crippen molar-refractivity contribution in [2.24, 2.45) is 5.73 Å². The molecular weight excluding hydrogens is 333 g/mol. The Hall–Kier alpha value is -2.61. The first-order chi connectivity index (χ1) is 11.2. The van der Waals surface area contributed by atoms with Crippen molar-refractivity contribution in [3.05, 3.63) is 59.4 Å². The minimum atomic E-state index is -3.43. The molecule has 0 fully saturated rings. The Bertz CT molecular complexity index is 851. The summed E-state index contributed by atoms with van der Waals surface area (Å²) in [5, 5.41) is 2.94. The van der Waals surface area contributed by atoms with Gasteiger partial charge in [-0.3, -0.25) is 9.52 Å². The zero-order valence-corrected chi connectivity index (χ0v) is 14.0. The molecule has 0 bridgehead atoms. The molecule has 1 atom stereocenters. The van der Waals surface area contributed by atoms with E-state index < -0.39 is 27.8 Å². The molecule has 2 aromatic carbocycles. The summed E-state index contributed by atoms with van der Waals surface area (Å²) in [4.78, 5) is 11.7. The molecule has 128 valence electrons. The average molecular weight is 351 g/mol. The van der Waals surface area contributed by atoms with E-state index in [1.54, 1.807) is 25.1 Å². The largest absolute Gasteiger partial charge is 0.370 e. The zero-order chi connectivity index (χ0) is 17.9. The first-order valence-corrected chi connectivity index (χ1v) is 8.94. The molecule has 1 amide bonds. The van der Waals surface area contributed by atoms with E-state index in [4.69, 9.17) is 5.73 Å². The number of nitrogens with two attached hydrogens (primary N) is 1. The summed E-state index contributed by atoms with van der Waals surface area (Å²) in [6.07, 6.45) is 1.05. The highest BCUT2D eigenvalue weighted by Gasteiger charge is 2.18. The van der Waals surface area contributed by atoms with E-state index in [1.807, 2.05) is 0 Å². The average Bonchev–Trinajstić information content (AvgIpc) is 2.47. The van der Waals surface area contributed by atoms with Gasteiger partial charge in [0.1, 0.15) is 11.9 Å². The van der Waals surface area contributed by atoms with E-state index in [2.05, 4.69) is 10.0 Å². The number of hydrogen-bond donors (Lipinski definition) is 3. The molecule has 0 aliphatic carbocycles. The molecule has 0 aliphatic rings. The number of rotatable bonds is 6. The van der Waals surface area contributed by atoms with Crippen LogP contribution in [0.5, 0.6) is 0 Å². The monoisotopic (exact) mass is 351 g/mol. The Kier molecular flexibility index (Phi) is 5.08. The highest BCUT2D eigenvalue weighted by Crippen LogP contribution is 2.25. The lowest BCUT2D eigenvalue weighted by molar-refractivity contribution is -0.118. The van der Waals surface area contributed by atoms with E-state index in [0.717, 1.165) is 11.8 Å². The maximum absolute atomic E-state index is 13.0. The van der Waals surface area contributed by atoms with Gasteiger partial charge in [0.05, 0.1) is 11.9 Å². The Morgan fingerprint density at radius 2 is 1.79 bits per heavy atom. The number of aryl methyl sites for hydroxylation is 1. The predicted molar refractivity (Wildman–Crippen MR) is 91.6 cm³/mol. The Labute approximate surface area is 139 Å². The van der Waals surface area contributed by atoms with E-state index in [9.17, 15) is 17.6 Å². The third-order valence-corrected chi connectivity index (χ3v) is 3.92. The van der Waals surface area contributed by atoms with Gasteiger partial charge in [0.2, 0.25) is 15.9 Å². The highest BCUT2D eigenvalue weighted by molar-refractivity contribution is 7.92. The van der Waals surface area contributed by atoms with Crippen LogP contribution in [0.2, 0.25) is 0 Å². The van der Waals surface area contributed by atoms with Crippen molar-refractivity contribution in [2.75, 3.05) is 16.3 Å². The Balaban J connectivity index is 2.31. The Morgan fingerprint density at radius 1 is 1.17 bits per heavy atom. The minimum absolute atomic E-state index is 0.393. The molecule has 0 spiro atoms. The SMILES string of the molecule is Cc1ccc(NC(C(N)=O)c2ccc(F)cc2)cc1NS(C)(=O)=O. The van der Waals surface area contributed by atoms with Gasteiger partial charge >= 0.3 is 0 Å². The van der Waals surface area contributed by atoms with Gasteiger partial charge in [-0.15, -0.1) is 0 Å². The standard InChI is InChI=1S/C16H18FN3O3S/c1-10-3-8-13(9-14(10)20-24(2,22)23)19-15(16(18)21)11-4-6-12(17)7-5-11/h3-9,15,19-20H,1-2H3,(H2,18,21). The number of sulfonamides is 1. The van der Waals surface area contributed by atoms with Crippen LogP contribution in [-0.2, 0) is 14.8 Å². The molecule has 0 saturated heterocycles. The van der Waals surface area contributed by atoms with Crippen LogP contribution in [0.3, 0.4) is 0 Å². The quantitative estimate of drug-likeness (QED) is 0.742. The van der Waals surface area contributed by atoms with Crippen molar-refractivity contribution in [2.45, 2.75) is 13.0 Å². The van der Waals surface area contributed by atoms with E-state index in [-0.39, 0.29) is 0 Å². The van der Waals surface area contributed by atoms with Gasteiger partial charge < -0.3 is 11.1 Å². The fourth-order valence-corrected chi connectivity index (χ4v) is 2.78. The summed E-state index contributed by atoms with van der Waals surface area (Å²) in [6.45, 7) is 1.75. The van der Waals surface area contributed by atoms with Crippen molar-refractivity contribution in [3.63, 3.8) is 0 Å². The van der Waals surface area contributed by atoms with Crippen LogP contribution in [0.15, 0.2) is 42.5 Å². The van der Waals surface area contributed by atoms with Gasteiger partial charge in [0, 0.05) is 5.69 Å². The number of nitrogens with one attached hydrogen (secondary N) is 2. The van der Waals surface area contributed by atoms with Crippen LogP contribution in [-0.4, -0.2) is 20.6 Å². The third kappa shape index (κ3) is 4.69. The predicted octanol–water partition coefficient (Wildman–Crippen LogP) is 2.14. The van der Waals surface area contributed by atoms with Crippen molar-refractivity contribution in [1.82, 2.24) is 0 Å². The van der Waals surface area contributed by atoms with Crippen LogP contribution in [0.25, 0.3) is 0 Å². The minimum Gasteiger partial charge on any atom is -0.370 e. The molecule has 0 aromatic heterocycles. The highest BCUT2D eigenvalue weighted by atomic mass is 32.2. The number of amides is 1. The van der Waals surface area contributed by atoms with Gasteiger partial charge in [-0.05, 0) is 42.3 Å². The lowest BCUT2D eigenvalue weighted by Crippen LogP contribution is -2.27. The van der Waals surface area contributed by atoms with E-state index >= 15 is 0 Å². The number of primary amides is 1. The molecular formula is C16H18FN3O3S. The first kappa shape index (κ1) is 17.7. The molecule has 1 unspecified atom stereocenters. The van der Waals surface area contributed by atoms with Crippen molar-refractivity contribution < 1.29 is 17.6 Å². The number of anilines is 2. The molecule has 2 aromatic rings. The van der Waals surface area contributed by atoms with E-state index in [0.29, 0.717) is 16.9 Å². The molecule has 0 saturated carbocycles. The molecule has 0 radical (unpaired) electrons. The number of carbonyl (C=O) groups excluding carboxylic acids is 1. The van der Waals surface area contributed by atoms with Crippen LogP contribution in [0, 0.1) is 12.7 Å². The lowest BCUT2D eigenvalue weighted by atomic mass is 10.1. The zero-order valence-electron chi connectivity index (χ0n) is 13.2. The van der Waals surface area contributed by atoms with Crippen LogP contribution < -0.4 is 15.8 Å². The topological polar surface area (TPSA) is 101 Å². The number of halogens is 1. The number of carbonyl (C=O) groups is 1. The summed E-state index contributed by atoms with van der Waals surface area (Å²) >= 11 is 0. The molecule has 24 heavy (non-hydrogen) atoms. The van der Waals surface area contributed by atoms with Crippen molar-refractivity contribution in [3.8, 4) is 0 Å². The van der Waals surface area contributed by atoms with E-state index in [1.165, 1.54) is 24.3 Å². The van der Waals surface area contributed by atoms with Gasteiger partial charge in [-0.1, -0.05) is 18.2 Å². The second-order valence-electron chi connectivity index (χ2n) is 5.44. The van der Waals surface area contributed by atoms with Crippen LogP contribution in [0.4, 0.5) is 15.8 Å². The van der Waals surface area contributed by atoms with Gasteiger partial charge in [0.15, 0.2) is 0 Å². The molecule has 0 aliphatic heterocycles. The summed E-state index contributed by atoms with van der Waals surface area (Å²) in [7, 11) is -3.43. The van der Waals surface area contributed by atoms with Crippen LogP contribution in [0.1, 0.15) is 17.2 Å². The molecule has 0 heterocycles. The molecule has 8 heteroatoms. The van der Waals surface area contributed by atoms with Crippen molar-refractivity contribution in [1.29, 1.82) is 0 Å². The summed E-state index contributed by atoms with van der Waals surface area (Å²) in [6, 6.07) is 9.48. The molecule has 6 nitrogen and oxygen atoms in total. The summed E-state index contributed by atoms with van der Waals surface area (Å²) < 4.78 is 38.3. The Morgan fingerprint density at radius 3 is 2.33 bits per heavy atom. The first-order valence-electron chi connectivity index (χ1n) is 7.05. The van der Waals surface area contributed by atoms with Gasteiger partial charge in [0.25, 0.3) is 0 Å². The third-order valence-electron chi connectivity index (χ3n) is 3.33. The number of hydrogen-bond acceptors (Lipinski definition) is 4. The fraction of sp³-hybridized carbons (Fsp3) is 0.188. The lowest BCUT2D eigenvalue weighted by Gasteiger charge is -2.18. The smallest absolute Gasteiger partial charge is 0.244 e. The van der Waals surface area contributed by atoms with Gasteiger partial charge in [-0.25, -0.2) is 12.8 Å². The van der Waals surface area contributed by atoms with Crippen molar-refractivity contribution >= 4 is 27.3 Å². The maximum atomic E-state index is 13.0. The second kappa shape index (κ2) is 6.88. The summed E-state index contributed by atoms with van der Waals surface area (Å²) in [5.41, 5.74) is 7.54. The second-order valence-corrected chi connectivity index (χ2v) is 7.18. The summed E-state index contributed by atoms with van der Waals surface area (Å²) in [5.74, 6) is -1.06. The van der Waals surface area contributed by atoms with Gasteiger partial charge in [-0.2, -0.15) is 0 Å². The maximum Gasteiger partial charge on any atom is 0.244 e.